The minimum Gasteiger partial charge on any atom is -0.295 e. The molecule has 2 aromatic carbocycles. The Bertz CT molecular complexity index is 1250. The quantitative estimate of drug-likeness (QED) is 0.441. The second kappa shape index (κ2) is 7.22. The number of amides is 1. The molecule has 1 saturated carbocycles. The first-order chi connectivity index (χ1) is 15.1. The molecule has 5 rings (SSSR count). The molecule has 2 bridgehead atoms. The topological polar surface area (TPSA) is 59.0 Å². The van der Waals surface area contributed by atoms with E-state index in [-0.39, 0.29) is 22.4 Å². The SMILES string of the molecule is CC12CCC(c3c(C(=O)NNc4ccccc4F)nn(-c4ccc(Cl)cc4Cl)c31)C2(C)C. The number of hydrogen-bond acceptors (Lipinski definition) is 3. The Morgan fingerprint density at radius 3 is 2.66 bits per heavy atom. The summed E-state index contributed by atoms with van der Waals surface area (Å²) in [5, 5.41) is 5.71. The van der Waals surface area contributed by atoms with Gasteiger partial charge in [0.05, 0.1) is 22.1 Å². The van der Waals surface area contributed by atoms with Crippen LogP contribution in [0, 0.1) is 11.2 Å². The number of hydrogen-bond donors (Lipinski definition) is 2. The van der Waals surface area contributed by atoms with Gasteiger partial charge in [0.25, 0.3) is 5.91 Å². The second-order valence-corrected chi connectivity index (χ2v) is 10.2. The van der Waals surface area contributed by atoms with Crippen LogP contribution in [0.2, 0.25) is 10.0 Å². The third-order valence-corrected chi connectivity index (χ3v) is 8.09. The molecule has 1 amide bonds. The molecule has 8 heteroatoms. The molecule has 0 saturated heterocycles. The van der Waals surface area contributed by atoms with Gasteiger partial charge in [0.2, 0.25) is 0 Å². The summed E-state index contributed by atoms with van der Waals surface area (Å²) in [6.45, 7) is 6.73. The van der Waals surface area contributed by atoms with Crippen molar-refractivity contribution >= 4 is 34.8 Å². The summed E-state index contributed by atoms with van der Waals surface area (Å²) in [5.74, 6) is -0.680. The summed E-state index contributed by atoms with van der Waals surface area (Å²) in [5.41, 5.74) is 8.23. The van der Waals surface area contributed by atoms with E-state index in [2.05, 4.69) is 31.6 Å². The van der Waals surface area contributed by atoms with Crippen LogP contribution < -0.4 is 10.9 Å². The van der Waals surface area contributed by atoms with Crippen LogP contribution in [0.5, 0.6) is 0 Å². The molecule has 5 nitrogen and oxygen atoms in total. The maximum absolute atomic E-state index is 14.0. The molecule has 2 N–H and O–H groups in total. The van der Waals surface area contributed by atoms with Gasteiger partial charge >= 0.3 is 0 Å². The summed E-state index contributed by atoms with van der Waals surface area (Å²) in [7, 11) is 0. The number of nitrogens with one attached hydrogen (secondary N) is 2. The van der Waals surface area contributed by atoms with E-state index in [0.717, 1.165) is 24.1 Å². The fraction of sp³-hybridized carbons (Fsp3) is 0.333. The zero-order valence-corrected chi connectivity index (χ0v) is 19.5. The van der Waals surface area contributed by atoms with Crippen LogP contribution in [0.1, 0.15) is 61.3 Å². The maximum atomic E-state index is 14.0. The van der Waals surface area contributed by atoms with Crippen LogP contribution in [0.15, 0.2) is 42.5 Å². The van der Waals surface area contributed by atoms with Gasteiger partial charge in [0, 0.05) is 16.0 Å². The minimum atomic E-state index is -0.454. The number of rotatable bonds is 4. The Balaban J connectivity index is 1.61. The van der Waals surface area contributed by atoms with Crippen LogP contribution >= 0.6 is 23.2 Å². The van der Waals surface area contributed by atoms with Crippen molar-refractivity contribution in [1.29, 1.82) is 0 Å². The number of halogens is 3. The number of carbonyl (C=O) groups is 1. The Labute approximate surface area is 195 Å². The highest BCUT2D eigenvalue weighted by molar-refractivity contribution is 6.35. The molecule has 1 heterocycles. The number of hydrazine groups is 1. The summed E-state index contributed by atoms with van der Waals surface area (Å²) in [4.78, 5) is 13.2. The largest absolute Gasteiger partial charge is 0.295 e. The van der Waals surface area contributed by atoms with E-state index in [4.69, 9.17) is 28.3 Å². The predicted octanol–water partition coefficient (Wildman–Crippen LogP) is 6.25. The minimum absolute atomic E-state index is 0.0464. The van der Waals surface area contributed by atoms with Gasteiger partial charge in [-0.15, -0.1) is 0 Å². The summed E-state index contributed by atoms with van der Waals surface area (Å²) in [6.07, 6.45) is 1.99. The van der Waals surface area contributed by atoms with Gasteiger partial charge in [-0.3, -0.25) is 15.6 Å². The van der Waals surface area contributed by atoms with Gasteiger partial charge in [-0.05, 0) is 54.5 Å². The van der Waals surface area contributed by atoms with Gasteiger partial charge in [0.15, 0.2) is 5.69 Å². The lowest BCUT2D eigenvalue weighted by Crippen LogP contribution is -2.34. The van der Waals surface area contributed by atoms with Gasteiger partial charge in [0.1, 0.15) is 5.82 Å². The lowest BCUT2D eigenvalue weighted by molar-refractivity contribution is 0.0955. The zero-order valence-electron chi connectivity index (χ0n) is 18.0. The summed E-state index contributed by atoms with van der Waals surface area (Å²) >= 11 is 12.6. The fourth-order valence-electron chi connectivity index (χ4n) is 5.46. The highest BCUT2D eigenvalue weighted by Crippen LogP contribution is 2.68. The number of para-hydroxylation sites is 1. The van der Waals surface area contributed by atoms with E-state index in [1.54, 1.807) is 35.0 Å². The molecule has 166 valence electrons. The molecule has 32 heavy (non-hydrogen) atoms. The summed E-state index contributed by atoms with van der Waals surface area (Å²) < 4.78 is 15.8. The van der Waals surface area contributed by atoms with Gasteiger partial charge < -0.3 is 0 Å². The van der Waals surface area contributed by atoms with Crippen molar-refractivity contribution in [3.05, 3.63) is 75.3 Å². The van der Waals surface area contributed by atoms with E-state index in [0.29, 0.717) is 21.4 Å². The molecule has 1 aromatic heterocycles. The molecule has 2 aliphatic carbocycles. The van der Waals surface area contributed by atoms with Gasteiger partial charge in [-0.2, -0.15) is 5.10 Å². The van der Waals surface area contributed by atoms with Crippen LogP contribution in [0.4, 0.5) is 10.1 Å². The molecule has 0 spiro atoms. The maximum Gasteiger partial charge on any atom is 0.290 e. The van der Waals surface area contributed by atoms with Crippen molar-refractivity contribution in [2.75, 3.05) is 5.43 Å². The number of carbonyl (C=O) groups excluding carboxylic acids is 1. The average molecular weight is 473 g/mol. The lowest BCUT2D eigenvalue weighted by atomic mass is 9.70. The molecule has 2 atom stereocenters. The Kier molecular flexibility index (Phi) is 4.80. The molecule has 3 aromatic rings. The number of anilines is 1. The van der Waals surface area contributed by atoms with Crippen LogP contribution in [0.3, 0.4) is 0 Å². The second-order valence-electron chi connectivity index (χ2n) is 9.32. The first-order valence-corrected chi connectivity index (χ1v) is 11.3. The highest BCUT2D eigenvalue weighted by Gasteiger charge is 2.63. The predicted molar refractivity (Wildman–Crippen MR) is 124 cm³/mol. The van der Waals surface area contributed by atoms with Crippen LogP contribution in [-0.4, -0.2) is 15.7 Å². The molecule has 2 aliphatic rings. The van der Waals surface area contributed by atoms with Crippen molar-refractivity contribution < 1.29 is 9.18 Å². The van der Waals surface area contributed by atoms with Crippen LogP contribution in [0.25, 0.3) is 5.69 Å². The zero-order chi connectivity index (χ0) is 22.8. The molecular weight excluding hydrogens is 450 g/mol. The van der Waals surface area contributed by atoms with Gasteiger partial charge in [-0.25, -0.2) is 9.07 Å². The molecule has 0 aliphatic heterocycles. The van der Waals surface area contributed by atoms with Crippen molar-refractivity contribution in [3.8, 4) is 5.69 Å². The van der Waals surface area contributed by atoms with E-state index in [1.807, 2.05) is 6.07 Å². The fourth-order valence-corrected chi connectivity index (χ4v) is 5.95. The van der Waals surface area contributed by atoms with E-state index >= 15 is 0 Å². The van der Waals surface area contributed by atoms with Crippen molar-refractivity contribution in [2.45, 2.75) is 44.9 Å². The Hall–Kier alpha value is -2.57. The van der Waals surface area contributed by atoms with Gasteiger partial charge in [-0.1, -0.05) is 56.1 Å². The Morgan fingerprint density at radius 2 is 1.94 bits per heavy atom. The molecule has 2 unspecified atom stereocenters. The van der Waals surface area contributed by atoms with Crippen molar-refractivity contribution in [1.82, 2.24) is 15.2 Å². The number of aromatic nitrogens is 2. The summed E-state index contributed by atoms with van der Waals surface area (Å²) in [6, 6.07) is 11.4. The monoisotopic (exact) mass is 472 g/mol. The number of nitrogens with zero attached hydrogens (tertiary/aromatic N) is 2. The molecular formula is C24H23Cl2FN4O. The normalized spacial score (nSPS) is 22.6. The lowest BCUT2D eigenvalue weighted by Gasteiger charge is -2.35. The Morgan fingerprint density at radius 1 is 1.19 bits per heavy atom. The van der Waals surface area contributed by atoms with E-state index < -0.39 is 11.7 Å². The third-order valence-electron chi connectivity index (χ3n) is 7.56. The third kappa shape index (κ3) is 2.89. The van der Waals surface area contributed by atoms with Crippen LogP contribution in [-0.2, 0) is 5.41 Å². The standard InChI is InChI=1S/C24H23Cl2FN4O/c1-23(2)14-10-11-24(23,3)21-19(14)20(22(32)29-28-17-7-5-4-6-16(17)27)30-31(21)18-9-8-13(25)12-15(18)26/h4-9,12,14,28H,10-11H2,1-3H3,(H,29,32). The van der Waals surface area contributed by atoms with Crippen molar-refractivity contribution in [3.63, 3.8) is 0 Å². The highest BCUT2D eigenvalue weighted by atomic mass is 35.5. The first kappa shape index (κ1) is 21.3. The first-order valence-electron chi connectivity index (χ1n) is 10.5. The molecule has 0 radical (unpaired) electrons. The average Bonchev–Trinajstić information content (AvgIpc) is 3.29. The van der Waals surface area contributed by atoms with E-state index in [1.165, 1.54) is 6.07 Å². The number of benzene rings is 2. The van der Waals surface area contributed by atoms with E-state index in [9.17, 15) is 9.18 Å². The number of fused-ring (bicyclic) bond motifs is 5. The smallest absolute Gasteiger partial charge is 0.290 e. The molecule has 1 fully saturated rings. The van der Waals surface area contributed by atoms with Crippen molar-refractivity contribution in [2.24, 2.45) is 5.41 Å².